The van der Waals surface area contributed by atoms with E-state index < -0.39 is 0 Å². The highest BCUT2D eigenvalue weighted by atomic mass is 35.5. The van der Waals surface area contributed by atoms with E-state index in [-0.39, 0.29) is 0 Å². The van der Waals surface area contributed by atoms with Crippen molar-refractivity contribution >= 4 is 52.7 Å². The lowest BCUT2D eigenvalue weighted by atomic mass is 10.0. The van der Waals surface area contributed by atoms with Crippen molar-refractivity contribution in [1.82, 2.24) is 0 Å². The number of aldehydes is 1. The van der Waals surface area contributed by atoms with Crippen molar-refractivity contribution in [2.45, 2.75) is 0 Å². The maximum absolute atomic E-state index is 11.0. The van der Waals surface area contributed by atoms with Crippen LogP contribution in [0.25, 0.3) is 11.1 Å². The number of carbonyl (C=O) groups excluding carboxylic acids is 1. The van der Waals surface area contributed by atoms with E-state index in [1.165, 1.54) is 0 Å². The second-order valence-corrected chi connectivity index (χ2v) is 5.23. The molecule has 0 saturated carbocycles. The molecule has 0 aromatic heterocycles. The molecule has 1 nitrogen and oxygen atoms in total. The standard InChI is InChI=1S/C13H6Cl4O/c14-9-1-2-10(8(3-9)6-18)7-4-11(15)13(17)12(16)5-7/h1-6H. The van der Waals surface area contributed by atoms with E-state index in [4.69, 9.17) is 46.4 Å². The van der Waals surface area contributed by atoms with Crippen LogP contribution < -0.4 is 0 Å². The molecule has 5 heteroatoms. The maximum atomic E-state index is 11.0. The fourth-order valence-corrected chi connectivity index (χ4v) is 2.38. The topological polar surface area (TPSA) is 17.1 Å². The summed E-state index contributed by atoms with van der Waals surface area (Å²) in [6.45, 7) is 0. The quantitative estimate of drug-likeness (QED) is 0.506. The zero-order valence-electron chi connectivity index (χ0n) is 8.88. The molecule has 0 amide bonds. The van der Waals surface area contributed by atoms with Gasteiger partial charge in [0.25, 0.3) is 0 Å². The van der Waals surface area contributed by atoms with Crippen LogP contribution in [0.4, 0.5) is 0 Å². The van der Waals surface area contributed by atoms with Crippen LogP contribution in [-0.2, 0) is 0 Å². The minimum Gasteiger partial charge on any atom is -0.298 e. The van der Waals surface area contributed by atoms with Crippen molar-refractivity contribution in [3.63, 3.8) is 0 Å². The Morgan fingerprint density at radius 2 is 1.50 bits per heavy atom. The fraction of sp³-hybridized carbons (Fsp3) is 0. The van der Waals surface area contributed by atoms with Gasteiger partial charge in [0.05, 0.1) is 15.1 Å². The molecule has 0 spiro atoms. The van der Waals surface area contributed by atoms with Crippen molar-refractivity contribution in [1.29, 1.82) is 0 Å². The van der Waals surface area contributed by atoms with E-state index in [0.29, 0.717) is 36.8 Å². The summed E-state index contributed by atoms with van der Waals surface area (Å²) in [6, 6.07) is 8.33. The molecule has 0 aliphatic rings. The van der Waals surface area contributed by atoms with E-state index >= 15 is 0 Å². The molecule has 92 valence electrons. The molecule has 0 saturated heterocycles. The summed E-state index contributed by atoms with van der Waals surface area (Å²) in [5, 5.41) is 1.47. The molecular weight excluding hydrogens is 314 g/mol. The van der Waals surface area contributed by atoms with E-state index in [9.17, 15) is 4.79 Å². The van der Waals surface area contributed by atoms with Gasteiger partial charge < -0.3 is 0 Å². The number of hydrogen-bond acceptors (Lipinski definition) is 1. The van der Waals surface area contributed by atoms with Crippen molar-refractivity contribution in [2.24, 2.45) is 0 Å². The molecule has 0 fully saturated rings. The molecule has 0 heterocycles. The minimum absolute atomic E-state index is 0.295. The molecule has 0 atom stereocenters. The number of rotatable bonds is 2. The first-order chi connectivity index (χ1) is 8.52. The minimum atomic E-state index is 0.295. The van der Waals surface area contributed by atoms with Gasteiger partial charge in [-0.15, -0.1) is 0 Å². The fourth-order valence-electron chi connectivity index (χ4n) is 1.61. The first-order valence-corrected chi connectivity index (χ1v) is 6.43. The predicted molar refractivity (Wildman–Crippen MR) is 77.3 cm³/mol. The molecule has 2 aromatic rings. The highest BCUT2D eigenvalue weighted by Gasteiger charge is 2.10. The number of benzene rings is 2. The molecule has 18 heavy (non-hydrogen) atoms. The largest absolute Gasteiger partial charge is 0.298 e. The lowest BCUT2D eigenvalue weighted by molar-refractivity contribution is 0.112. The Hall–Kier alpha value is -0.730. The number of hydrogen-bond donors (Lipinski definition) is 0. The van der Waals surface area contributed by atoms with Crippen molar-refractivity contribution in [3.8, 4) is 11.1 Å². The molecule has 2 aromatic carbocycles. The van der Waals surface area contributed by atoms with Gasteiger partial charge in [0.2, 0.25) is 0 Å². The van der Waals surface area contributed by atoms with Gasteiger partial charge >= 0.3 is 0 Å². The van der Waals surface area contributed by atoms with E-state index in [0.717, 1.165) is 6.29 Å². The third-order valence-electron chi connectivity index (χ3n) is 2.44. The van der Waals surface area contributed by atoms with E-state index in [2.05, 4.69) is 0 Å². The molecule has 0 radical (unpaired) electrons. The van der Waals surface area contributed by atoms with E-state index in [1.807, 2.05) is 0 Å². The third kappa shape index (κ3) is 2.65. The van der Waals surface area contributed by atoms with Gasteiger partial charge in [0.15, 0.2) is 6.29 Å². The molecule has 0 bridgehead atoms. The Morgan fingerprint density at radius 1 is 0.889 bits per heavy atom. The first-order valence-electron chi connectivity index (χ1n) is 4.92. The maximum Gasteiger partial charge on any atom is 0.150 e. The Labute approximate surface area is 124 Å². The Morgan fingerprint density at radius 3 is 2.06 bits per heavy atom. The molecular formula is C13H6Cl4O. The summed E-state index contributed by atoms with van der Waals surface area (Å²) in [6.07, 6.45) is 0.734. The van der Waals surface area contributed by atoms with Crippen LogP contribution in [0.3, 0.4) is 0 Å². The summed E-state index contributed by atoms with van der Waals surface area (Å²) in [5.74, 6) is 0. The van der Waals surface area contributed by atoms with Crippen LogP contribution in [0.5, 0.6) is 0 Å². The van der Waals surface area contributed by atoms with Gasteiger partial charge in [-0.05, 0) is 35.4 Å². The van der Waals surface area contributed by atoms with Crippen LogP contribution >= 0.6 is 46.4 Å². The molecule has 0 aliphatic carbocycles. The summed E-state index contributed by atoms with van der Waals surface area (Å²) in [4.78, 5) is 11.0. The monoisotopic (exact) mass is 318 g/mol. The predicted octanol–water partition coefficient (Wildman–Crippen LogP) is 5.78. The molecule has 0 unspecified atom stereocenters. The van der Waals surface area contributed by atoms with Gasteiger partial charge in [0.1, 0.15) is 0 Å². The Kier molecular flexibility index (Phi) is 4.18. The van der Waals surface area contributed by atoms with Gasteiger partial charge in [-0.2, -0.15) is 0 Å². The molecule has 2 rings (SSSR count). The lowest BCUT2D eigenvalue weighted by Crippen LogP contribution is -1.88. The number of carbonyl (C=O) groups is 1. The van der Waals surface area contributed by atoms with Crippen LogP contribution in [0.15, 0.2) is 30.3 Å². The zero-order valence-corrected chi connectivity index (χ0v) is 11.9. The average molecular weight is 320 g/mol. The summed E-state index contributed by atoms with van der Waals surface area (Å²) >= 11 is 23.7. The summed E-state index contributed by atoms with van der Waals surface area (Å²) in [7, 11) is 0. The SMILES string of the molecule is O=Cc1cc(Cl)ccc1-c1cc(Cl)c(Cl)c(Cl)c1. The Bertz CT molecular complexity index is 599. The van der Waals surface area contributed by atoms with Crippen LogP contribution in [0.2, 0.25) is 20.1 Å². The smallest absolute Gasteiger partial charge is 0.150 e. The summed E-state index contributed by atoms with van der Waals surface area (Å²) in [5.41, 5.74) is 1.89. The third-order valence-corrected chi connectivity index (χ3v) is 3.87. The van der Waals surface area contributed by atoms with Crippen LogP contribution in [0, 0.1) is 0 Å². The highest BCUT2D eigenvalue weighted by molar-refractivity contribution is 6.48. The zero-order chi connectivity index (χ0) is 13.3. The van der Waals surface area contributed by atoms with Crippen molar-refractivity contribution in [3.05, 3.63) is 56.0 Å². The van der Waals surface area contributed by atoms with Gasteiger partial charge in [-0.25, -0.2) is 0 Å². The second kappa shape index (κ2) is 5.50. The summed E-state index contributed by atoms with van der Waals surface area (Å²) < 4.78 is 0. The lowest BCUT2D eigenvalue weighted by Gasteiger charge is -2.08. The van der Waals surface area contributed by atoms with Crippen LogP contribution in [0.1, 0.15) is 10.4 Å². The van der Waals surface area contributed by atoms with Crippen LogP contribution in [-0.4, -0.2) is 6.29 Å². The number of halogens is 4. The average Bonchev–Trinajstić information content (AvgIpc) is 2.35. The second-order valence-electron chi connectivity index (χ2n) is 3.60. The molecule has 0 N–H and O–H groups in total. The Balaban J connectivity index is 2.65. The van der Waals surface area contributed by atoms with Crippen molar-refractivity contribution < 1.29 is 4.79 Å². The molecule has 0 aliphatic heterocycles. The van der Waals surface area contributed by atoms with Crippen molar-refractivity contribution in [2.75, 3.05) is 0 Å². The van der Waals surface area contributed by atoms with Gasteiger partial charge in [-0.1, -0.05) is 52.5 Å². The highest BCUT2D eigenvalue weighted by Crippen LogP contribution is 2.36. The van der Waals surface area contributed by atoms with Gasteiger partial charge in [0, 0.05) is 10.6 Å². The normalized spacial score (nSPS) is 10.4. The first kappa shape index (κ1) is 13.7. The van der Waals surface area contributed by atoms with E-state index in [1.54, 1.807) is 30.3 Å². The van der Waals surface area contributed by atoms with Gasteiger partial charge in [-0.3, -0.25) is 4.79 Å².